The first-order valence-electron chi connectivity index (χ1n) is 5.48. The fourth-order valence-corrected chi connectivity index (χ4v) is 2.32. The Balaban J connectivity index is 2.28. The van der Waals surface area contributed by atoms with Crippen molar-refractivity contribution in [3.8, 4) is 5.75 Å². The number of hydrogen-bond acceptors (Lipinski definition) is 2. The molecule has 1 fully saturated rings. The van der Waals surface area contributed by atoms with Crippen LogP contribution >= 0.6 is 15.9 Å². The topological polar surface area (TPSA) is 12.5 Å². The summed E-state index contributed by atoms with van der Waals surface area (Å²) in [5.41, 5.74) is 1.23. The summed E-state index contributed by atoms with van der Waals surface area (Å²) in [7, 11) is 0. The van der Waals surface area contributed by atoms with E-state index in [2.05, 4.69) is 26.9 Å². The maximum absolute atomic E-state index is 5.64. The minimum Gasteiger partial charge on any atom is -0.492 e. The minimum atomic E-state index is 0.725. The highest BCUT2D eigenvalue weighted by atomic mass is 79.9. The zero-order valence-corrected chi connectivity index (χ0v) is 10.6. The third-order valence-electron chi connectivity index (χ3n) is 2.67. The summed E-state index contributed by atoms with van der Waals surface area (Å²) in [5, 5.41) is 0. The molecule has 0 unspecified atom stereocenters. The number of halogens is 1. The zero-order chi connectivity index (χ0) is 10.7. The summed E-state index contributed by atoms with van der Waals surface area (Å²) in [4.78, 5) is 2.40. The van der Waals surface area contributed by atoms with E-state index < -0.39 is 0 Å². The Kier molecular flexibility index (Phi) is 3.52. The summed E-state index contributed by atoms with van der Waals surface area (Å²) in [5.74, 6) is 1.00. The van der Waals surface area contributed by atoms with E-state index in [1.165, 1.54) is 18.5 Å². The van der Waals surface area contributed by atoms with Crippen molar-refractivity contribution in [3.63, 3.8) is 0 Å². The van der Waals surface area contributed by atoms with E-state index in [1.807, 2.05) is 19.1 Å². The van der Waals surface area contributed by atoms with E-state index in [0.717, 1.165) is 29.9 Å². The smallest absolute Gasteiger partial charge is 0.142 e. The predicted molar refractivity (Wildman–Crippen MR) is 66.8 cm³/mol. The lowest BCUT2D eigenvalue weighted by atomic mass is 10.2. The summed E-state index contributed by atoms with van der Waals surface area (Å²) < 4.78 is 6.76. The zero-order valence-electron chi connectivity index (χ0n) is 9.00. The average Bonchev–Trinajstić information content (AvgIpc) is 2.74. The van der Waals surface area contributed by atoms with Gasteiger partial charge in [-0.05, 0) is 38.0 Å². The second-order valence-electron chi connectivity index (χ2n) is 3.74. The first kappa shape index (κ1) is 10.8. The van der Waals surface area contributed by atoms with Crippen molar-refractivity contribution >= 4 is 21.6 Å². The van der Waals surface area contributed by atoms with Crippen molar-refractivity contribution in [2.75, 3.05) is 24.6 Å². The van der Waals surface area contributed by atoms with Gasteiger partial charge in [-0.2, -0.15) is 0 Å². The van der Waals surface area contributed by atoms with Crippen LogP contribution < -0.4 is 9.64 Å². The number of anilines is 1. The molecule has 0 amide bonds. The number of ether oxygens (including phenoxy) is 1. The molecule has 1 aromatic carbocycles. The third kappa shape index (κ3) is 2.46. The van der Waals surface area contributed by atoms with Crippen molar-refractivity contribution in [2.45, 2.75) is 19.8 Å². The maximum atomic E-state index is 5.64. The molecule has 0 bridgehead atoms. The van der Waals surface area contributed by atoms with E-state index >= 15 is 0 Å². The van der Waals surface area contributed by atoms with Crippen LogP contribution in [-0.4, -0.2) is 19.7 Å². The Bertz CT molecular complexity index is 334. The van der Waals surface area contributed by atoms with Gasteiger partial charge in [-0.3, -0.25) is 0 Å². The lowest BCUT2D eigenvalue weighted by Gasteiger charge is -2.21. The van der Waals surface area contributed by atoms with E-state index in [0.29, 0.717) is 0 Å². The van der Waals surface area contributed by atoms with Gasteiger partial charge >= 0.3 is 0 Å². The van der Waals surface area contributed by atoms with Crippen molar-refractivity contribution in [1.82, 2.24) is 0 Å². The molecule has 0 spiro atoms. The van der Waals surface area contributed by atoms with Gasteiger partial charge in [0, 0.05) is 17.6 Å². The molecule has 0 radical (unpaired) electrons. The van der Waals surface area contributed by atoms with Crippen LogP contribution in [0.5, 0.6) is 5.75 Å². The van der Waals surface area contributed by atoms with Crippen LogP contribution in [0.15, 0.2) is 22.7 Å². The van der Waals surface area contributed by atoms with Gasteiger partial charge in [-0.25, -0.2) is 0 Å². The fraction of sp³-hybridized carbons (Fsp3) is 0.500. The molecule has 1 saturated heterocycles. The molecule has 0 atom stereocenters. The van der Waals surface area contributed by atoms with Crippen LogP contribution in [0.1, 0.15) is 19.8 Å². The van der Waals surface area contributed by atoms with Crippen LogP contribution in [0.4, 0.5) is 5.69 Å². The van der Waals surface area contributed by atoms with Gasteiger partial charge in [0.05, 0.1) is 12.3 Å². The second-order valence-corrected chi connectivity index (χ2v) is 4.65. The molecular weight excluding hydrogens is 254 g/mol. The minimum absolute atomic E-state index is 0.725. The highest BCUT2D eigenvalue weighted by Crippen LogP contribution is 2.33. The highest BCUT2D eigenvalue weighted by molar-refractivity contribution is 9.10. The molecule has 1 heterocycles. The first-order chi connectivity index (χ1) is 7.31. The monoisotopic (exact) mass is 269 g/mol. The Labute approximate surface area is 99.4 Å². The van der Waals surface area contributed by atoms with E-state index in [4.69, 9.17) is 4.74 Å². The Morgan fingerprint density at radius 3 is 2.73 bits per heavy atom. The van der Waals surface area contributed by atoms with Crippen LogP contribution in [-0.2, 0) is 0 Å². The van der Waals surface area contributed by atoms with Gasteiger partial charge in [0.15, 0.2) is 0 Å². The van der Waals surface area contributed by atoms with Gasteiger partial charge in [0.25, 0.3) is 0 Å². The van der Waals surface area contributed by atoms with Crippen molar-refractivity contribution in [3.05, 3.63) is 22.7 Å². The van der Waals surface area contributed by atoms with E-state index in [9.17, 15) is 0 Å². The summed E-state index contributed by atoms with van der Waals surface area (Å²) in [6.07, 6.45) is 2.58. The summed E-state index contributed by atoms with van der Waals surface area (Å²) >= 11 is 3.51. The molecule has 1 aromatic rings. The molecule has 0 aromatic heterocycles. The van der Waals surface area contributed by atoms with Crippen LogP contribution in [0.2, 0.25) is 0 Å². The first-order valence-corrected chi connectivity index (χ1v) is 6.28. The Morgan fingerprint density at radius 1 is 1.33 bits per heavy atom. The van der Waals surface area contributed by atoms with Gasteiger partial charge in [0.2, 0.25) is 0 Å². The van der Waals surface area contributed by atoms with Crippen molar-refractivity contribution < 1.29 is 4.74 Å². The molecule has 15 heavy (non-hydrogen) atoms. The van der Waals surface area contributed by atoms with Gasteiger partial charge < -0.3 is 9.64 Å². The maximum Gasteiger partial charge on any atom is 0.142 e. The molecule has 2 nitrogen and oxygen atoms in total. The molecular formula is C12H16BrNO. The molecule has 1 aliphatic rings. The van der Waals surface area contributed by atoms with Crippen molar-refractivity contribution in [2.24, 2.45) is 0 Å². The average molecular weight is 270 g/mol. The predicted octanol–water partition coefficient (Wildman–Crippen LogP) is 3.45. The SMILES string of the molecule is CCOc1ccc(Br)cc1N1CCCC1. The molecule has 2 rings (SSSR count). The molecule has 82 valence electrons. The quantitative estimate of drug-likeness (QED) is 0.834. The number of benzene rings is 1. The van der Waals surface area contributed by atoms with Crippen molar-refractivity contribution in [1.29, 1.82) is 0 Å². The Morgan fingerprint density at radius 2 is 2.07 bits per heavy atom. The molecule has 0 saturated carbocycles. The third-order valence-corrected chi connectivity index (χ3v) is 3.16. The molecule has 0 N–H and O–H groups in total. The number of rotatable bonds is 3. The number of hydrogen-bond donors (Lipinski definition) is 0. The normalized spacial score (nSPS) is 15.7. The van der Waals surface area contributed by atoms with Gasteiger partial charge in [-0.15, -0.1) is 0 Å². The van der Waals surface area contributed by atoms with E-state index in [1.54, 1.807) is 0 Å². The van der Waals surface area contributed by atoms with Crippen LogP contribution in [0, 0.1) is 0 Å². The number of nitrogens with zero attached hydrogens (tertiary/aromatic N) is 1. The van der Waals surface area contributed by atoms with Gasteiger partial charge in [-0.1, -0.05) is 15.9 Å². The lowest BCUT2D eigenvalue weighted by molar-refractivity contribution is 0.340. The standard InChI is InChI=1S/C12H16BrNO/c1-2-15-12-6-5-10(13)9-11(12)14-7-3-4-8-14/h5-6,9H,2-4,7-8H2,1H3. The molecule has 3 heteroatoms. The van der Waals surface area contributed by atoms with Crippen LogP contribution in [0.3, 0.4) is 0 Å². The fourth-order valence-electron chi connectivity index (χ4n) is 1.97. The lowest BCUT2D eigenvalue weighted by Crippen LogP contribution is -2.18. The second kappa shape index (κ2) is 4.88. The molecule has 0 aliphatic carbocycles. The summed E-state index contributed by atoms with van der Waals surface area (Å²) in [6.45, 7) is 5.05. The van der Waals surface area contributed by atoms with Crippen LogP contribution in [0.25, 0.3) is 0 Å². The largest absolute Gasteiger partial charge is 0.492 e. The summed E-state index contributed by atoms with van der Waals surface area (Å²) in [6, 6.07) is 6.22. The van der Waals surface area contributed by atoms with Gasteiger partial charge in [0.1, 0.15) is 5.75 Å². The highest BCUT2D eigenvalue weighted by Gasteiger charge is 2.16. The molecule has 1 aliphatic heterocycles. The Hall–Kier alpha value is -0.700. The van der Waals surface area contributed by atoms with E-state index in [-0.39, 0.29) is 0 Å².